The number of carboxylic acid groups (broad SMARTS) is 1. The lowest BCUT2D eigenvalue weighted by Gasteiger charge is -2.55. The van der Waals surface area contributed by atoms with E-state index in [9.17, 15) is 33.9 Å². The molecule has 13 heteroatoms. The van der Waals surface area contributed by atoms with E-state index in [1.807, 2.05) is 6.92 Å². The molecule has 0 aromatic rings. The largest absolute Gasteiger partial charge is 0.481 e. The van der Waals surface area contributed by atoms with E-state index in [4.69, 9.17) is 18.9 Å². The average molecular weight is 719 g/mol. The van der Waals surface area contributed by atoms with E-state index < -0.39 is 24.1 Å². The van der Waals surface area contributed by atoms with Gasteiger partial charge in [0.1, 0.15) is 18.5 Å². The first kappa shape index (κ1) is 38.8. The van der Waals surface area contributed by atoms with Gasteiger partial charge >= 0.3 is 30.1 Å². The number of hydrogen-bond acceptors (Lipinski definition) is 10. The third-order valence-corrected chi connectivity index (χ3v) is 13.9. The summed E-state index contributed by atoms with van der Waals surface area (Å²) in [4.78, 5) is 72.4. The number of fused-ring (bicyclic) bond motifs is 4. The number of alkyl carbamates (subject to hydrolysis) is 2. The molecule has 2 amide bonds. The lowest BCUT2D eigenvalue weighted by Crippen LogP contribution is -2.59. The molecule has 4 aliphatic carbocycles. The number of esters is 2. The molecule has 4 saturated carbocycles. The van der Waals surface area contributed by atoms with Gasteiger partial charge in [-0.2, -0.15) is 0 Å². The van der Waals surface area contributed by atoms with Crippen molar-refractivity contribution in [3.63, 3.8) is 0 Å². The molecule has 13 nitrogen and oxygen atoms in total. The number of nitrogens with one attached hydrogen (secondary N) is 2. The van der Waals surface area contributed by atoms with Crippen molar-refractivity contribution in [3.8, 4) is 0 Å². The number of cyclic esters (lactones) is 2. The van der Waals surface area contributed by atoms with Crippen molar-refractivity contribution in [2.45, 2.75) is 118 Å². The zero-order valence-electron chi connectivity index (χ0n) is 31.3. The number of carbonyl (C=O) groups excluding carboxylic acids is 5. The molecule has 14 atom stereocenters. The van der Waals surface area contributed by atoms with Crippen LogP contribution < -0.4 is 10.6 Å². The second-order valence-corrected chi connectivity index (χ2v) is 16.9. The van der Waals surface area contributed by atoms with Gasteiger partial charge in [-0.05, 0) is 101 Å². The fraction of sp³-hybridized carbons (Fsp3) is 0.842. The Morgan fingerprint density at radius 2 is 1.20 bits per heavy atom. The zero-order valence-corrected chi connectivity index (χ0v) is 31.3. The van der Waals surface area contributed by atoms with Crippen molar-refractivity contribution >= 4 is 36.4 Å². The van der Waals surface area contributed by atoms with Gasteiger partial charge in [0.05, 0.1) is 31.0 Å². The monoisotopic (exact) mass is 718 g/mol. The first-order chi connectivity index (χ1) is 24.0. The molecule has 0 spiro atoms. The smallest absolute Gasteiger partial charge is 0.407 e. The summed E-state index contributed by atoms with van der Waals surface area (Å²) in [6.07, 6.45) is 4.13. The van der Waals surface area contributed by atoms with Crippen molar-refractivity contribution in [1.29, 1.82) is 0 Å². The Balaban J connectivity index is 0.000000198. The Bertz CT molecular complexity index is 1360. The molecule has 0 aromatic heterocycles. The van der Waals surface area contributed by atoms with Crippen molar-refractivity contribution in [3.05, 3.63) is 0 Å². The molecular formula is C38H58N2O11. The van der Waals surface area contributed by atoms with Gasteiger partial charge in [-0.25, -0.2) is 9.59 Å². The van der Waals surface area contributed by atoms with Gasteiger partial charge in [0.15, 0.2) is 0 Å². The third-order valence-electron chi connectivity index (χ3n) is 13.9. The van der Waals surface area contributed by atoms with E-state index in [2.05, 4.69) is 38.3 Å². The van der Waals surface area contributed by atoms with Crippen molar-refractivity contribution < 1.29 is 52.8 Å². The third kappa shape index (κ3) is 7.06. The van der Waals surface area contributed by atoms with Crippen LogP contribution in [0.15, 0.2) is 0 Å². The Labute approximate surface area is 301 Å². The molecule has 6 rings (SSSR count). The van der Waals surface area contributed by atoms with Crippen LogP contribution in [0.25, 0.3) is 0 Å². The number of ether oxygens (including phenoxy) is 4. The van der Waals surface area contributed by atoms with Gasteiger partial charge in [0.25, 0.3) is 0 Å². The van der Waals surface area contributed by atoms with Crippen LogP contribution >= 0.6 is 0 Å². The first-order valence-electron chi connectivity index (χ1n) is 18.9. The molecule has 0 bridgehead atoms. The van der Waals surface area contributed by atoms with Gasteiger partial charge in [0.2, 0.25) is 0 Å². The highest BCUT2D eigenvalue weighted by molar-refractivity contribution is 5.79. The highest BCUT2D eigenvalue weighted by Gasteiger charge is 2.62. The van der Waals surface area contributed by atoms with E-state index in [0.717, 1.165) is 25.5 Å². The fourth-order valence-corrected chi connectivity index (χ4v) is 11.4. The van der Waals surface area contributed by atoms with Gasteiger partial charge < -0.3 is 39.5 Å². The molecule has 6 fully saturated rings. The Morgan fingerprint density at radius 1 is 0.765 bits per heavy atom. The fourth-order valence-electron chi connectivity index (χ4n) is 11.4. The van der Waals surface area contributed by atoms with Crippen molar-refractivity contribution in [2.24, 2.45) is 70.0 Å². The van der Waals surface area contributed by atoms with E-state index in [1.54, 1.807) is 20.8 Å². The minimum atomic E-state index is -0.840. The summed E-state index contributed by atoms with van der Waals surface area (Å²) in [5.74, 6) is -2.38. The minimum Gasteiger partial charge on any atom is -0.481 e. The van der Waals surface area contributed by atoms with Crippen molar-refractivity contribution in [2.75, 3.05) is 13.2 Å². The number of carboxylic acids is 1. The normalized spacial score (nSPS) is 41.3. The van der Waals surface area contributed by atoms with Crippen molar-refractivity contribution in [1.82, 2.24) is 10.6 Å². The molecule has 286 valence electrons. The molecule has 6 aliphatic rings. The van der Waals surface area contributed by atoms with Crippen LogP contribution in [0, 0.1) is 70.0 Å². The molecular weight excluding hydrogens is 660 g/mol. The molecule has 3 N–H and O–H groups in total. The number of aliphatic carboxylic acids is 1. The Kier molecular flexibility index (Phi) is 11.4. The SMILES string of the molecule is CCOC(=O)NC1CC[C@H]2[C@H](C(=O)O)[C@@H]3[C@@H](C)OC(=O)[C@@H]3C[C@@H]2C1(C)C.CCOC(=O)NC1CC[C@H]2[C@H](C=O)[C@@H]3[C@@H](C)OC(=O)[C@@H]3C[C@@H]2C1(C)C. The summed E-state index contributed by atoms with van der Waals surface area (Å²) in [7, 11) is 0. The van der Waals surface area contributed by atoms with E-state index >= 15 is 0 Å². The summed E-state index contributed by atoms with van der Waals surface area (Å²) in [6.45, 7) is 16.3. The molecule has 2 saturated heterocycles. The number of carbonyl (C=O) groups is 6. The van der Waals surface area contributed by atoms with Crippen LogP contribution in [0.1, 0.15) is 93.9 Å². The van der Waals surface area contributed by atoms with E-state index in [1.165, 1.54) is 0 Å². The molecule has 2 aliphatic heterocycles. The summed E-state index contributed by atoms with van der Waals surface area (Å²) in [6, 6.07) is -0.129. The lowest BCUT2D eigenvalue weighted by atomic mass is 9.50. The second kappa shape index (κ2) is 14.9. The second-order valence-electron chi connectivity index (χ2n) is 16.9. The highest BCUT2D eigenvalue weighted by Crippen LogP contribution is 2.59. The molecule has 2 unspecified atom stereocenters. The van der Waals surface area contributed by atoms with Crippen LogP contribution in [0.5, 0.6) is 0 Å². The average Bonchev–Trinajstić information content (AvgIpc) is 3.51. The number of rotatable bonds is 6. The van der Waals surface area contributed by atoms with Crippen LogP contribution in [0.3, 0.4) is 0 Å². The molecule has 51 heavy (non-hydrogen) atoms. The van der Waals surface area contributed by atoms with Crippen LogP contribution in [0.2, 0.25) is 0 Å². The highest BCUT2D eigenvalue weighted by atomic mass is 16.6. The predicted octanol–water partition coefficient (Wildman–Crippen LogP) is 4.99. The lowest BCUT2D eigenvalue weighted by molar-refractivity contribution is -0.157. The Morgan fingerprint density at radius 3 is 1.65 bits per heavy atom. The molecule has 0 radical (unpaired) electrons. The van der Waals surface area contributed by atoms with Gasteiger partial charge in [-0.1, -0.05) is 27.7 Å². The predicted molar refractivity (Wildman–Crippen MR) is 183 cm³/mol. The van der Waals surface area contributed by atoms with E-state index in [0.29, 0.717) is 32.5 Å². The van der Waals surface area contributed by atoms with Gasteiger partial charge in [0, 0.05) is 29.8 Å². The number of hydrogen-bond donors (Lipinski definition) is 3. The van der Waals surface area contributed by atoms with Crippen LogP contribution in [0.4, 0.5) is 9.59 Å². The van der Waals surface area contributed by atoms with Crippen LogP contribution in [-0.2, 0) is 38.1 Å². The number of amides is 2. The summed E-state index contributed by atoms with van der Waals surface area (Å²) >= 11 is 0. The van der Waals surface area contributed by atoms with Gasteiger partial charge in [-0.15, -0.1) is 0 Å². The standard InChI is InChI=1S/C19H29NO6.C19H29NO5/c1-5-25-18(24)20-13-7-6-10-12(19(13,3)4)8-11-14(15(10)16(21)22)9(2)26-17(11)23;1-5-24-18(23)20-15-7-6-11-13(9-21)16-10(2)25-17(22)12(16)8-14(11)19(15,3)4/h9-15H,5-8H2,1-4H3,(H,20,24)(H,21,22);9-16H,5-8H2,1-4H3,(H,20,23)/t9-,10-,11-,12+,13?,14-,15+;10-,11+,12-,13+,14+,15?,16-/m11/s1. The Hall–Kier alpha value is -3.38. The molecule has 0 aromatic carbocycles. The zero-order chi connectivity index (χ0) is 37.6. The van der Waals surface area contributed by atoms with Crippen LogP contribution in [-0.4, -0.2) is 79.0 Å². The topological polar surface area (TPSA) is 184 Å². The molecule has 2 heterocycles. The van der Waals surface area contributed by atoms with Gasteiger partial charge in [-0.3, -0.25) is 14.4 Å². The maximum Gasteiger partial charge on any atom is 0.407 e. The quantitative estimate of drug-likeness (QED) is 0.191. The summed E-state index contributed by atoms with van der Waals surface area (Å²) in [5, 5.41) is 15.9. The van der Waals surface area contributed by atoms with E-state index in [-0.39, 0.29) is 100 Å². The maximum absolute atomic E-state index is 12.3. The number of aldehydes is 1. The summed E-state index contributed by atoms with van der Waals surface area (Å²) < 4.78 is 20.9. The maximum atomic E-state index is 12.3. The minimum absolute atomic E-state index is 0.00313. The summed E-state index contributed by atoms with van der Waals surface area (Å²) in [5.41, 5.74) is -0.547. The first-order valence-corrected chi connectivity index (χ1v) is 18.9.